The number of carbonyl (C=O) groups excluding carboxylic acids is 1. The fourth-order valence-electron chi connectivity index (χ4n) is 2.44. The van der Waals surface area contributed by atoms with Crippen molar-refractivity contribution >= 4 is 34.5 Å². The SMILES string of the molecule is NCC1CC(=O)N(C(Cc2ccc(I)cc2)C(=O)O)C1. The van der Waals surface area contributed by atoms with Gasteiger partial charge in [-0.05, 0) is 52.7 Å². The first-order chi connectivity index (χ1) is 9.51. The number of rotatable bonds is 5. The maximum atomic E-state index is 11.9. The molecule has 2 atom stereocenters. The van der Waals surface area contributed by atoms with E-state index in [-0.39, 0.29) is 11.8 Å². The van der Waals surface area contributed by atoms with Crippen LogP contribution in [0, 0.1) is 9.49 Å². The number of halogens is 1. The lowest BCUT2D eigenvalue weighted by molar-refractivity contribution is -0.148. The van der Waals surface area contributed by atoms with Gasteiger partial charge in [0.15, 0.2) is 0 Å². The minimum atomic E-state index is -0.963. The number of nitrogens with zero attached hydrogens (tertiary/aromatic N) is 1. The highest BCUT2D eigenvalue weighted by atomic mass is 127. The molecule has 1 amide bonds. The third-order valence-electron chi connectivity index (χ3n) is 3.58. The summed E-state index contributed by atoms with van der Waals surface area (Å²) in [5.41, 5.74) is 6.49. The van der Waals surface area contributed by atoms with Crippen LogP contribution in [0.4, 0.5) is 0 Å². The summed E-state index contributed by atoms with van der Waals surface area (Å²) in [4.78, 5) is 24.9. The maximum Gasteiger partial charge on any atom is 0.326 e. The third kappa shape index (κ3) is 3.49. The Labute approximate surface area is 131 Å². The van der Waals surface area contributed by atoms with Crippen molar-refractivity contribution in [2.45, 2.75) is 18.9 Å². The molecule has 20 heavy (non-hydrogen) atoms. The first kappa shape index (κ1) is 15.2. The van der Waals surface area contributed by atoms with Gasteiger partial charge in [0.05, 0.1) is 0 Å². The molecule has 1 aromatic rings. The topological polar surface area (TPSA) is 83.6 Å². The zero-order valence-electron chi connectivity index (χ0n) is 11.0. The van der Waals surface area contributed by atoms with E-state index >= 15 is 0 Å². The van der Waals surface area contributed by atoms with E-state index < -0.39 is 12.0 Å². The molecule has 1 saturated heterocycles. The standard InChI is InChI=1S/C14H17IN2O3/c15-11-3-1-9(2-4-11)5-12(14(19)20)17-8-10(7-16)6-13(17)18/h1-4,10,12H,5-8,16H2,(H,19,20). The summed E-state index contributed by atoms with van der Waals surface area (Å²) >= 11 is 2.20. The molecular formula is C14H17IN2O3. The number of likely N-dealkylation sites (tertiary alicyclic amines) is 1. The van der Waals surface area contributed by atoms with E-state index in [2.05, 4.69) is 22.6 Å². The Morgan fingerprint density at radius 1 is 1.45 bits per heavy atom. The van der Waals surface area contributed by atoms with Crippen LogP contribution in [0.2, 0.25) is 0 Å². The zero-order valence-corrected chi connectivity index (χ0v) is 13.1. The van der Waals surface area contributed by atoms with E-state index in [4.69, 9.17) is 5.73 Å². The Balaban J connectivity index is 2.13. The Kier molecular flexibility index (Phi) is 4.98. The van der Waals surface area contributed by atoms with Gasteiger partial charge in [0.2, 0.25) is 5.91 Å². The summed E-state index contributed by atoms with van der Waals surface area (Å²) < 4.78 is 1.10. The van der Waals surface area contributed by atoms with Crippen molar-refractivity contribution in [3.8, 4) is 0 Å². The molecule has 0 aliphatic carbocycles. The first-order valence-corrected chi connectivity index (χ1v) is 7.56. The van der Waals surface area contributed by atoms with Crippen molar-refractivity contribution in [1.29, 1.82) is 0 Å². The number of benzene rings is 1. The van der Waals surface area contributed by atoms with Crippen LogP contribution in [0.1, 0.15) is 12.0 Å². The average Bonchev–Trinajstić information content (AvgIpc) is 2.79. The van der Waals surface area contributed by atoms with E-state index in [1.54, 1.807) is 0 Å². The Morgan fingerprint density at radius 2 is 2.10 bits per heavy atom. The predicted octanol–water partition coefficient (Wildman–Crippen LogP) is 1.09. The van der Waals surface area contributed by atoms with E-state index in [9.17, 15) is 14.7 Å². The lowest BCUT2D eigenvalue weighted by Gasteiger charge is -2.24. The number of hydrogen-bond acceptors (Lipinski definition) is 3. The van der Waals surface area contributed by atoms with Crippen molar-refractivity contribution < 1.29 is 14.7 Å². The lowest BCUT2D eigenvalue weighted by atomic mass is 10.0. The number of hydrogen-bond donors (Lipinski definition) is 2. The molecule has 2 unspecified atom stereocenters. The summed E-state index contributed by atoms with van der Waals surface area (Å²) in [5.74, 6) is -1.01. The molecule has 0 radical (unpaired) electrons. The van der Waals surface area contributed by atoms with E-state index in [0.29, 0.717) is 25.9 Å². The second kappa shape index (κ2) is 6.53. The Bertz CT molecular complexity index is 504. The van der Waals surface area contributed by atoms with Gasteiger partial charge in [-0.1, -0.05) is 12.1 Å². The van der Waals surface area contributed by atoms with E-state index in [0.717, 1.165) is 9.13 Å². The van der Waals surface area contributed by atoms with Gasteiger partial charge in [0.1, 0.15) is 6.04 Å². The smallest absolute Gasteiger partial charge is 0.326 e. The summed E-state index contributed by atoms with van der Waals surface area (Å²) in [6, 6.07) is 6.86. The number of carbonyl (C=O) groups is 2. The second-order valence-electron chi connectivity index (χ2n) is 5.04. The van der Waals surface area contributed by atoms with Crippen molar-refractivity contribution in [3.63, 3.8) is 0 Å². The molecule has 1 aromatic carbocycles. The molecule has 6 heteroatoms. The molecule has 1 heterocycles. The number of aliphatic carboxylic acids is 1. The molecule has 0 aromatic heterocycles. The molecule has 0 bridgehead atoms. The summed E-state index contributed by atoms with van der Waals surface area (Å²) in [5, 5.41) is 9.40. The molecule has 1 aliphatic heterocycles. The Hall–Kier alpha value is -1.15. The van der Waals surface area contributed by atoms with Gasteiger partial charge >= 0.3 is 5.97 Å². The second-order valence-corrected chi connectivity index (χ2v) is 6.28. The van der Waals surface area contributed by atoms with Gasteiger partial charge < -0.3 is 15.7 Å². The van der Waals surface area contributed by atoms with Crippen LogP contribution in [0.15, 0.2) is 24.3 Å². The van der Waals surface area contributed by atoms with Crippen LogP contribution in [0.3, 0.4) is 0 Å². The monoisotopic (exact) mass is 388 g/mol. The quantitative estimate of drug-likeness (QED) is 0.740. The summed E-state index contributed by atoms with van der Waals surface area (Å²) in [7, 11) is 0. The fourth-order valence-corrected chi connectivity index (χ4v) is 2.80. The van der Waals surface area contributed by atoms with Crippen LogP contribution in [-0.4, -0.2) is 41.0 Å². The minimum absolute atomic E-state index is 0.0704. The van der Waals surface area contributed by atoms with E-state index in [1.165, 1.54) is 4.90 Å². The van der Waals surface area contributed by atoms with Crippen molar-refractivity contribution in [3.05, 3.63) is 33.4 Å². The van der Waals surface area contributed by atoms with Crippen LogP contribution in [0.5, 0.6) is 0 Å². The highest BCUT2D eigenvalue weighted by molar-refractivity contribution is 14.1. The minimum Gasteiger partial charge on any atom is -0.480 e. The number of nitrogens with two attached hydrogens (primary N) is 1. The first-order valence-electron chi connectivity index (χ1n) is 6.48. The van der Waals surface area contributed by atoms with Crippen molar-refractivity contribution in [2.24, 2.45) is 11.7 Å². The van der Waals surface area contributed by atoms with Crippen LogP contribution in [0.25, 0.3) is 0 Å². The molecule has 2 rings (SSSR count). The maximum absolute atomic E-state index is 11.9. The van der Waals surface area contributed by atoms with Gasteiger partial charge in [-0.25, -0.2) is 4.79 Å². The predicted molar refractivity (Wildman–Crippen MR) is 83.2 cm³/mol. The molecule has 1 fully saturated rings. The summed E-state index contributed by atoms with van der Waals surface area (Å²) in [6.07, 6.45) is 0.683. The van der Waals surface area contributed by atoms with Crippen LogP contribution in [-0.2, 0) is 16.0 Å². The van der Waals surface area contributed by atoms with E-state index in [1.807, 2.05) is 24.3 Å². The number of carboxylic acids is 1. The molecule has 3 N–H and O–H groups in total. The highest BCUT2D eigenvalue weighted by Crippen LogP contribution is 2.22. The number of amides is 1. The Morgan fingerprint density at radius 3 is 2.60 bits per heavy atom. The van der Waals surface area contributed by atoms with Gasteiger partial charge in [-0.2, -0.15) is 0 Å². The fraction of sp³-hybridized carbons (Fsp3) is 0.429. The zero-order chi connectivity index (χ0) is 14.7. The van der Waals surface area contributed by atoms with Gasteiger partial charge in [-0.15, -0.1) is 0 Å². The summed E-state index contributed by atoms with van der Waals surface area (Å²) in [6.45, 7) is 0.856. The highest BCUT2D eigenvalue weighted by Gasteiger charge is 2.37. The van der Waals surface area contributed by atoms with Gasteiger partial charge in [-0.3, -0.25) is 4.79 Å². The normalized spacial score (nSPS) is 20.2. The largest absolute Gasteiger partial charge is 0.480 e. The molecule has 5 nitrogen and oxygen atoms in total. The van der Waals surface area contributed by atoms with Gasteiger partial charge in [0, 0.05) is 23.0 Å². The number of carboxylic acid groups (broad SMARTS) is 1. The lowest BCUT2D eigenvalue weighted by Crippen LogP contribution is -2.44. The van der Waals surface area contributed by atoms with Crippen LogP contribution < -0.4 is 5.73 Å². The third-order valence-corrected chi connectivity index (χ3v) is 4.29. The molecule has 1 aliphatic rings. The molecule has 0 saturated carbocycles. The molecule has 108 valence electrons. The van der Waals surface area contributed by atoms with Crippen molar-refractivity contribution in [1.82, 2.24) is 4.90 Å². The van der Waals surface area contributed by atoms with Crippen molar-refractivity contribution in [2.75, 3.05) is 13.1 Å². The van der Waals surface area contributed by atoms with Gasteiger partial charge in [0.25, 0.3) is 0 Å². The molecule has 0 spiro atoms. The van der Waals surface area contributed by atoms with Crippen LogP contribution >= 0.6 is 22.6 Å². The molecular weight excluding hydrogens is 371 g/mol. The average molecular weight is 388 g/mol.